The van der Waals surface area contributed by atoms with Gasteiger partial charge in [-0.2, -0.15) is 0 Å². The molecule has 1 heterocycles. The topological polar surface area (TPSA) is 105 Å². The number of aromatic carboxylic acids is 1. The van der Waals surface area contributed by atoms with Gasteiger partial charge in [0.15, 0.2) is 0 Å². The minimum Gasteiger partial charge on any atom is -0.478 e. The Labute approximate surface area is 133 Å². The van der Waals surface area contributed by atoms with Gasteiger partial charge in [-0.05, 0) is 46.9 Å². The van der Waals surface area contributed by atoms with Gasteiger partial charge >= 0.3 is 5.97 Å². The van der Waals surface area contributed by atoms with Crippen molar-refractivity contribution in [1.29, 1.82) is 0 Å². The number of nitro benzene ring substituents is 1. The van der Waals surface area contributed by atoms with Gasteiger partial charge in [0.05, 0.1) is 22.7 Å². The van der Waals surface area contributed by atoms with Gasteiger partial charge in [0.1, 0.15) is 5.69 Å². The van der Waals surface area contributed by atoms with Gasteiger partial charge in [-0.15, -0.1) is 0 Å². The zero-order chi connectivity index (χ0) is 15.4. The van der Waals surface area contributed by atoms with Crippen LogP contribution in [-0.2, 0) is 6.54 Å². The van der Waals surface area contributed by atoms with Gasteiger partial charge in [-0.1, -0.05) is 0 Å². The second-order valence-corrected chi connectivity index (χ2v) is 5.36. The molecule has 7 nitrogen and oxygen atoms in total. The maximum absolute atomic E-state index is 11.0. The van der Waals surface area contributed by atoms with Crippen LogP contribution >= 0.6 is 22.6 Å². The van der Waals surface area contributed by atoms with E-state index in [-0.39, 0.29) is 17.8 Å². The molecule has 1 aromatic carbocycles. The Kier molecular flexibility index (Phi) is 4.68. The van der Waals surface area contributed by atoms with Gasteiger partial charge in [-0.3, -0.25) is 15.1 Å². The number of halogens is 1. The van der Waals surface area contributed by atoms with E-state index in [1.807, 2.05) is 22.6 Å². The number of aromatic nitrogens is 1. The molecule has 0 saturated heterocycles. The summed E-state index contributed by atoms with van der Waals surface area (Å²) in [5, 5.41) is 22.8. The van der Waals surface area contributed by atoms with Gasteiger partial charge in [-0.25, -0.2) is 4.79 Å². The first-order chi connectivity index (χ1) is 9.97. The number of hydrogen-bond donors (Lipinski definition) is 2. The van der Waals surface area contributed by atoms with Crippen molar-refractivity contribution in [3.63, 3.8) is 0 Å². The van der Waals surface area contributed by atoms with Crippen LogP contribution in [0.5, 0.6) is 0 Å². The summed E-state index contributed by atoms with van der Waals surface area (Å²) in [5.41, 5.74) is 0.945. The maximum atomic E-state index is 11.0. The summed E-state index contributed by atoms with van der Waals surface area (Å²) in [5.74, 6) is -1.04. The van der Waals surface area contributed by atoms with E-state index in [1.165, 1.54) is 24.4 Å². The number of carboxylic acid groups (broad SMARTS) is 1. The van der Waals surface area contributed by atoms with E-state index in [0.29, 0.717) is 11.4 Å². The van der Waals surface area contributed by atoms with Crippen molar-refractivity contribution in [2.75, 3.05) is 5.32 Å². The van der Waals surface area contributed by atoms with E-state index >= 15 is 0 Å². The van der Waals surface area contributed by atoms with Crippen LogP contribution in [0.15, 0.2) is 36.5 Å². The van der Waals surface area contributed by atoms with Crippen LogP contribution in [0.1, 0.15) is 16.1 Å². The number of pyridine rings is 1. The number of benzene rings is 1. The summed E-state index contributed by atoms with van der Waals surface area (Å²) < 4.78 is 0.760. The molecule has 2 N–H and O–H groups in total. The lowest BCUT2D eigenvalue weighted by atomic mass is 10.2. The molecule has 0 amide bonds. The molecule has 0 aliphatic rings. The predicted molar refractivity (Wildman–Crippen MR) is 84.3 cm³/mol. The molecule has 2 rings (SSSR count). The fraction of sp³-hybridized carbons (Fsp3) is 0.0769. The number of nitrogens with one attached hydrogen (secondary N) is 1. The molecule has 0 unspecified atom stereocenters. The van der Waals surface area contributed by atoms with Gasteiger partial charge < -0.3 is 10.4 Å². The summed E-state index contributed by atoms with van der Waals surface area (Å²) in [6.45, 7) is 0.197. The highest BCUT2D eigenvalue weighted by Gasteiger charge is 2.14. The van der Waals surface area contributed by atoms with Crippen LogP contribution in [0.4, 0.5) is 11.4 Å². The fourth-order valence-corrected chi connectivity index (χ4v) is 2.17. The Morgan fingerprint density at radius 3 is 2.81 bits per heavy atom. The number of rotatable bonds is 5. The van der Waals surface area contributed by atoms with Crippen molar-refractivity contribution < 1.29 is 14.8 Å². The molecule has 0 aliphatic heterocycles. The Morgan fingerprint density at radius 1 is 1.38 bits per heavy atom. The summed E-state index contributed by atoms with van der Waals surface area (Å²) in [6.07, 6.45) is 1.39. The first-order valence-electron chi connectivity index (χ1n) is 5.83. The van der Waals surface area contributed by atoms with Gasteiger partial charge in [0.2, 0.25) is 0 Å². The first kappa shape index (κ1) is 15.2. The summed E-state index contributed by atoms with van der Waals surface area (Å²) >= 11 is 2.00. The van der Waals surface area contributed by atoms with Crippen LogP contribution in [0, 0.1) is 13.7 Å². The molecule has 0 aliphatic carbocycles. The average Bonchev–Trinajstić information content (AvgIpc) is 2.46. The Balaban J connectivity index is 2.18. The van der Waals surface area contributed by atoms with Crippen molar-refractivity contribution >= 4 is 39.9 Å². The average molecular weight is 399 g/mol. The molecule has 0 fully saturated rings. The second-order valence-electron chi connectivity index (χ2n) is 4.11. The fourth-order valence-electron chi connectivity index (χ4n) is 1.70. The van der Waals surface area contributed by atoms with Crippen molar-refractivity contribution in [2.24, 2.45) is 0 Å². The number of carboxylic acids is 1. The van der Waals surface area contributed by atoms with Crippen molar-refractivity contribution in [1.82, 2.24) is 4.98 Å². The molecule has 0 radical (unpaired) electrons. The van der Waals surface area contributed by atoms with Gasteiger partial charge in [0, 0.05) is 15.8 Å². The third-order valence-electron chi connectivity index (χ3n) is 2.68. The summed E-state index contributed by atoms with van der Waals surface area (Å²) in [6, 6.07) is 7.63. The molecule has 21 heavy (non-hydrogen) atoms. The standard InChI is InChI=1S/C13H10IN3O4/c14-9-1-2-11(12(6-9)17(20)21)16-7-10-5-8(13(18)19)3-4-15-10/h1-6,16H,7H2,(H,18,19). The van der Waals surface area contributed by atoms with E-state index in [2.05, 4.69) is 10.3 Å². The maximum Gasteiger partial charge on any atom is 0.335 e. The SMILES string of the molecule is O=C(O)c1ccnc(CNc2ccc(I)cc2[N+](=O)[O-])c1. The summed E-state index contributed by atoms with van der Waals surface area (Å²) in [7, 11) is 0. The lowest BCUT2D eigenvalue weighted by molar-refractivity contribution is -0.384. The van der Waals surface area contributed by atoms with E-state index in [4.69, 9.17) is 5.11 Å². The van der Waals surface area contributed by atoms with Crippen molar-refractivity contribution in [3.8, 4) is 0 Å². The van der Waals surface area contributed by atoms with Crippen molar-refractivity contribution in [2.45, 2.75) is 6.54 Å². The highest BCUT2D eigenvalue weighted by atomic mass is 127. The third-order valence-corrected chi connectivity index (χ3v) is 3.35. The minimum absolute atomic E-state index is 0.0312. The van der Waals surface area contributed by atoms with Crippen LogP contribution < -0.4 is 5.32 Å². The van der Waals surface area contributed by atoms with E-state index in [9.17, 15) is 14.9 Å². The molecular weight excluding hydrogens is 389 g/mol. The highest BCUT2D eigenvalue weighted by molar-refractivity contribution is 14.1. The number of nitro groups is 1. The zero-order valence-electron chi connectivity index (χ0n) is 10.6. The molecule has 0 saturated carbocycles. The minimum atomic E-state index is -1.04. The first-order valence-corrected chi connectivity index (χ1v) is 6.91. The zero-order valence-corrected chi connectivity index (χ0v) is 12.8. The number of nitrogens with zero attached hydrogens (tertiary/aromatic N) is 2. The molecule has 8 heteroatoms. The molecule has 2 aromatic rings. The van der Waals surface area contributed by atoms with E-state index in [1.54, 1.807) is 12.1 Å². The lowest BCUT2D eigenvalue weighted by Gasteiger charge is -2.07. The quantitative estimate of drug-likeness (QED) is 0.455. The van der Waals surface area contributed by atoms with E-state index < -0.39 is 10.9 Å². The van der Waals surface area contributed by atoms with Gasteiger partial charge in [0.25, 0.3) is 5.69 Å². The van der Waals surface area contributed by atoms with Crippen LogP contribution in [0.3, 0.4) is 0 Å². The monoisotopic (exact) mass is 399 g/mol. The number of carbonyl (C=O) groups is 1. The van der Waals surface area contributed by atoms with Crippen molar-refractivity contribution in [3.05, 3.63) is 61.5 Å². The number of hydrogen-bond acceptors (Lipinski definition) is 5. The van der Waals surface area contributed by atoms with Crippen LogP contribution in [0.2, 0.25) is 0 Å². The second kappa shape index (κ2) is 6.48. The largest absolute Gasteiger partial charge is 0.478 e. The number of anilines is 1. The Bertz CT molecular complexity index is 706. The molecule has 1 aromatic heterocycles. The van der Waals surface area contributed by atoms with Crippen LogP contribution in [0.25, 0.3) is 0 Å². The molecule has 0 bridgehead atoms. The normalized spacial score (nSPS) is 10.1. The molecular formula is C13H10IN3O4. The molecule has 0 atom stereocenters. The smallest absolute Gasteiger partial charge is 0.335 e. The van der Waals surface area contributed by atoms with E-state index in [0.717, 1.165) is 3.57 Å². The van der Waals surface area contributed by atoms with Crippen LogP contribution in [-0.4, -0.2) is 21.0 Å². The Hall–Kier alpha value is -2.23. The Morgan fingerprint density at radius 2 is 2.14 bits per heavy atom. The summed E-state index contributed by atoms with van der Waals surface area (Å²) in [4.78, 5) is 25.4. The lowest BCUT2D eigenvalue weighted by Crippen LogP contribution is -2.06. The highest BCUT2D eigenvalue weighted by Crippen LogP contribution is 2.26. The predicted octanol–water partition coefficient (Wildman–Crippen LogP) is 2.90. The molecule has 108 valence electrons. The molecule has 0 spiro atoms. The third kappa shape index (κ3) is 3.88.